The molecule has 1 saturated carbocycles. The molecule has 2 atom stereocenters. The van der Waals surface area contributed by atoms with Gasteiger partial charge in [0.25, 0.3) is 0 Å². The molecule has 1 fully saturated rings. The highest BCUT2D eigenvalue weighted by molar-refractivity contribution is 5.67. The van der Waals surface area contributed by atoms with Crippen LogP contribution in [0.15, 0.2) is 30.3 Å². The van der Waals surface area contributed by atoms with Crippen molar-refractivity contribution >= 4 is 6.09 Å². The molecule has 3 N–H and O–H groups in total. The molecule has 0 heterocycles. The zero-order valence-corrected chi connectivity index (χ0v) is 14.0. The molecular weight excluding hydrogens is 292 g/mol. The fraction of sp³-hybridized carbons (Fsp3) is 0.611. The molecule has 1 aromatic carbocycles. The molecule has 1 aliphatic carbocycles. The van der Waals surface area contributed by atoms with Crippen molar-refractivity contribution in [2.75, 3.05) is 13.2 Å². The molecule has 5 heteroatoms. The van der Waals surface area contributed by atoms with Crippen LogP contribution < -0.4 is 10.6 Å². The number of carbonyl (C=O) groups is 1. The second-order valence-corrected chi connectivity index (χ2v) is 6.68. The third kappa shape index (κ3) is 7.01. The number of aliphatic hydroxyl groups excluding tert-OH is 1. The van der Waals surface area contributed by atoms with E-state index >= 15 is 0 Å². The number of carbonyl (C=O) groups excluding carboxylic acids is 1. The Labute approximate surface area is 138 Å². The van der Waals surface area contributed by atoms with Gasteiger partial charge in [0.1, 0.15) is 0 Å². The standard InChI is InChI=1S/C18H28N2O3/c1-13(2)12-23-18(22)20-16(10-14-6-4-3-5-7-14)17(21)11-19-15-8-9-15/h3-7,13,15-17,19,21H,8-12H2,1-2H3,(H,20,22)/t16-,17-/m0/s1. The lowest BCUT2D eigenvalue weighted by atomic mass is 10.0. The number of hydrogen-bond acceptors (Lipinski definition) is 4. The highest BCUT2D eigenvalue weighted by Crippen LogP contribution is 2.18. The Bertz CT molecular complexity index is 474. The van der Waals surface area contributed by atoms with Crippen molar-refractivity contribution in [2.45, 2.75) is 51.3 Å². The molecule has 1 aliphatic rings. The summed E-state index contributed by atoms with van der Waals surface area (Å²) in [5.41, 5.74) is 1.08. The van der Waals surface area contributed by atoms with Crippen molar-refractivity contribution in [2.24, 2.45) is 5.92 Å². The molecule has 0 aliphatic heterocycles. The lowest BCUT2D eigenvalue weighted by Gasteiger charge is -2.24. The van der Waals surface area contributed by atoms with Crippen LogP contribution in [0.2, 0.25) is 0 Å². The van der Waals surface area contributed by atoms with Crippen LogP contribution in [0.25, 0.3) is 0 Å². The molecule has 2 rings (SSSR count). The van der Waals surface area contributed by atoms with Crippen LogP contribution in [0.5, 0.6) is 0 Å². The first-order chi connectivity index (χ1) is 11.0. The highest BCUT2D eigenvalue weighted by atomic mass is 16.5. The summed E-state index contributed by atoms with van der Waals surface area (Å²) in [6, 6.07) is 10.0. The number of amides is 1. The second kappa shape index (κ2) is 8.89. The van der Waals surface area contributed by atoms with E-state index in [-0.39, 0.29) is 12.0 Å². The van der Waals surface area contributed by atoms with Crippen molar-refractivity contribution in [3.8, 4) is 0 Å². The summed E-state index contributed by atoms with van der Waals surface area (Å²) >= 11 is 0. The smallest absolute Gasteiger partial charge is 0.407 e. The normalized spacial score (nSPS) is 16.9. The lowest BCUT2D eigenvalue weighted by molar-refractivity contribution is 0.0980. The van der Waals surface area contributed by atoms with E-state index in [2.05, 4.69) is 10.6 Å². The third-order valence-electron chi connectivity index (χ3n) is 3.81. The van der Waals surface area contributed by atoms with Crippen molar-refractivity contribution in [3.63, 3.8) is 0 Å². The molecule has 23 heavy (non-hydrogen) atoms. The largest absolute Gasteiger partial charge is 0.449 e. The van der Waals surface area contributed by atoms with E-state index in [4.69, 9.17) is 4.74 Å². The minimum atomic E-state index is -0.651. The lowest BCUT2D eigenvalue weighted by Crippen LogP contribution is -2.49. The number of aliphatic hydroxyl groups is 1. The molecule has 0 bridgehead atoms. The molecule has 128 valence electrons. The fourth-order valence-electron chi connectivity index (χ4n) is 2.30. The van der Waals surface area contributed by atoms with E-state index in [1.165, 1.54) is 12.8 Å². The summed E-state index contributed by atoms with van der Waals surface area (Å²) in [6.45, 7) is 4.83. The molecule has 0 spiro atoms. The maximum atomic E-state index is 11.9. The van der Waals surface area contributed by atoms with Gasteiger partial charge in [0.2, 0.25) is 0 Å². The molecule has 0 aromatic heterocycles. The third-order valence-corrected chi connectivity index (χ3v) is 3.81. The maximum Gasteiger partial charge on any atom is 0.407 e. The fourth-order valence-corrected chi connectivity index (χ4v) is 2.30. The minimum absolute atomic E-state index is 0.287. The van der Waals surface area contributed by atoms with E-state index in [0.717, 1.165) is 5.56 Å². The number of nitrogens with one attached hydrogen (secondary N) is 2. The summed E-state index contributed by atoms with van der Waals surface area (Å²) in [7, 11) is 0. The first kappa shape index (κ1) is 17.8. The van der Waals surface area contributed by atoms with E-state index in [1.807, 2.05) is 44.2 Å². The van der Waals surface area contributed by atoms with Gasteiger partial charge in [-0.05, 0) is 30.7 Å². The van der Waals surface area contributed by atoms with Crippen LogP contribution in [0.1, 0.15) is 32.3 Å². The van der Waals surface area contributed by atoms with Gasteiger partial charge >= 0.3 is 6.09 Å². The molecule has 1 aromatic rings. The topological polar surface area (TPSA) is 70.6 Å². The molecule has 0 saturated heterocycles. The van der Waals surface area contributed by atoms with Crippen LogP contribution in [-0.2, 0) is 11.2 Å². The predicted octanol–water partition coefficient (Wildman–Crippen LogP) is 2.09. The zero-order chi connectivity index (χ0) is 16.7. The van der Waals surface area contributed by atoms with Gasteiger partial charge < -0.3 is 20.5 Å². The van der Waals surface area contributed by atoms with Crippen molar-refractivity contribution in [3.05, 3.63) is 35.9 Å². The van der Waals surface area contributed by atoms with Crippen LogP contribution >= 0.6 is 0 Å². The number of benzene rings is 1. The van der Waals surface area contributed by atoms with Crippen LogP contribution in [0.3, 0.4) is 0 Å². The van der Waals surface area contributed by atoms with Crippen molar-refractivity contribution in [1.82, 2.24) is 10.6 Å². The van der Waals surface area contributed by atoms with Crippen LogP contribution in [0.4, 0.5) is 4.79 Å². The summed E-state index contributed by atoms with van der Waals surface area (Å²) in [5.74, 6) is 0.287. The van der Waals surface area contributed by atoms with Gasteiger partial charge in [0, 0.05) is 12.6 Å². The molecule has 0 radical (unpaired) electrons. The quantitative estimate of drug-likeness (QED) is 0.651. The monoisotopic (exact) mass is 320 g/mol. The van der Waals surface area contributed by atoms with Crippen molar-refractivity contribution < 1.29 is 14.6 Å². The van der Waals surface area contributed by atoms with E-state index in [9.17, 15) is 9.90 Å². The van der Waals surface area contributed by atoms with Gasteiger partial charge in [-0.2, -0.15) is 0 Å². The van der Waals surface area contributed by atoms with Crippen LogP contribution in [-0.4, -0.2) is 42.5 Å². The van der Waals surface area contributed by atoms with E-state index in [1.54, 1.807) is 0 Å². The molecule has 0 unspecified atom stereocenters. The van der Waals surface area contributed by atoms with Crippen LogP contribution in [0, 0.1) is 5.92 Å². The number of rotatable bonds is 9. The SMILES string of the molecule is CC(C)COC(=O)N[C@@H](Cc1ccccc1)[C@@H](O)CNC1CC1. The van der Waals surface area contributed by atoms with Gasteiger partial charge in [-0.1, -0.05) is 44.2 Å². The zero-order valence-electron chi connectivity index (χ0n) is 14.0. The summed E-state index contributed by atoms with van der Waals surface area (Å²) in [6.07, 6.45) is 1.79. The summed E-state index contributed by atoms with van der Waals surface area (Å²) in [4.78, 5) is 11.9. The number of alkyl carbamates (subject to hydrolysis) is 1. The maximum absolute atomic E-state index is 11.9. The Morgan fingerprint density at radius 3 is 2.61 bits per heavy atom. The first-order valence-electron chi connectivity index (χ1n) is 8.43. The second-order valence-electron chi connectivity index (χ2n) is 6.68. The average Bonchev–Trinajstić information content (AvgIpc) is 3.35. The molecule has 5 nitrogen and oxygen atoms in total. The van der Waals surface area contributed by atoms with E-state index < -0.39 is 12.2 Å². The molecule has 1 amide bonds. The van der Waals surface area contributed by atoms with Gasteiger partial charge in [0.05, 0.1) is 18.8 Å². The first-order valence-corrected chi connectivity index (χ1v) is 8.43. The van der Waals surface area contributed by atoms with Gasteiger partial charge in [-0.3, -0.25) is 0 Å². The van der Waals surface area contributed by atoms with Gasteiger partial charge in [0.15, 0.2) is 0 Å². The number of ether oxygens (including phenoxy) is 1. The number of hydrogen-bond donors (Lipinski definition) is 3. The Morgan fingerprint density at radius 1 is 1.30 bits per heavy atom. The van der Waals surface area contributed by atoms with Gasteiger partial charge in [-0.25, -0.2) is 4.79 Å². The minimum Gasteiger partial charge on any atom is -0.449 e. The van der Waals surface area contributed by atoms with Crippen molar-refractivity contribution in [1.29, 1.82) is 0 Å². The Hall–Kier alpha value is -1.59. The summed E-state index contributed by atoms with van der Waals surface area (Å²) < 4.78 is 5.18. The average molecular weight is 320 g/mol. The summed E-state index contributed by atoms with van der Waals surface area (Å²) in [5, 5.41) is 16.6. The Kier molecular flexibility index (Phi) is 6.86. The van der Waals surface area contributed by atoms with Gasteiger partial charge in [-0.15, -0.1) is 0 Å². The Morgan fingerprint density at radius 2 is 2.00 bits per heavy atom. The highest BCUT2D eigenvalue weighted by Gasteiger charge is 2.26. The predicted molar refractivity (Wildman–Crippen MR) is 90.3 cm³/mol. The Balaban J connectivity index is 1.90. The van der Waals surface area contributed by atoms with E-state index in [0.29, 0.717) is 25.6 Å². The molecular formula is C18H28N2O3.